The number of rotatable bonds is 4. The highest BCUT2D eigenvalue weighted by molar-refractivity contribution is 5.79. The second-order valence-corrected chi connectivity index (χ2v) is 6.42. The van der Waals surface area contributed by atoms with E-state index in [2.05, 4.69) is 29.2 Å². The first-order valence-corrected chi connectivity index (χ1v) is 8.42. The molecule has 0 aliphatic carbocycles. The number of nitrogens with zero attached hydrogens (tertiary/aromatic N) is 3. The molecule has 1 saturated heterocycles. The van der Waals surface area contributed by atoms with Gasteiger partial charge in [0.25, 0.3) is 0 Å². The molecule has 1 aliphatic rings. The van der Waals surface area contributed by atoms with Crippen LogP contribution < -0.4 is 0 Å². The van der Waals surface area contributed by atoms with Gasteiger partial charge in [0.1, 0.15) is 0 Å². The van der Waals surface area contributed by atoms with Gasteiger partial charge in [-0.25, -0.2) is 0 Å². The van der Waals surface area contributed by atoms with Crippen LogP contribution in [0.4, 0.5) is 0 Å². The maximum absolute atomic E-state index is 12.4. The van der Waals surface area contributed by atoms with Crippen molar-refractivity contribution in [2.75, 3.05) is 6.54 Å². The van der Waals surface area contributed by atoms with Crippen molar-refractivity contribution < 1.29 is 9.32 Å². The molecule has 1 amide bonds. The summed E-state index contributed by atoms with van der Waals surface area (Å²) in [6.07, 6.45) is 0.419. The van der Waals surface area contributed by atoms with Gasteiger partial charge in [0.05, 0.1) is 5.92 Å². The lowest BCUT2D eigenvalue weighted by Crippen LogP contribution is -2.24. The summed E-state index contributed by atoms with van der Waals surface area (Å²) >= 11 is 0. The van der Waals surface area contributed by atoms with Crippen molar-refractivity contribution in [3.8, 4) is 11.4 Å². The molecular weight excluding hydrogens is 314 g/mol. The molecule has 5 heteroatoms. The minimum absolute atomic E-state index is 0.0403. The number of hydrogen-bond acceptors (Lipinski definition) is 4. The van der Waals surface area contributed by atoms with E-state index >= 15 is 0 Å². The molecule has 1 fully saturated rings. The number of aryl methyl sites for hydroxylation is 1. The molecule has 5 nitrogen and oxygen atoms in total. The Kier molecular flexibility index (Phi) is 4.06. The first-order valence-electron chi connectivity index (χ1n) is 8.42. The van der Waals surface area contributed by atoms with Crippen LogP contribution >= 0.6 is 0 Å². The van der Waals surface area contributed by atoms with Crippen LogP contribution in [0.15, 0.2) is 59.1 Å². The van der Waals surface area contributed by atoms with Crippen LogP contribution in [0.1, 0.15) is 29.4 Å². The lowest BCUT2D eigenvalue weighted by molar-refractivity contribution is -0.128. The molecule has 1 atom stereocenters. The highest BCUT2D eigenvalue weighted by Crippen LogP contribution is 2.29. The van der Waals surface area contributed by atoms with Gasteiger partial charge in [-0.3, -0.25) is 4.79 Å². The molecule has 0 saturated carbocycles. The van der Waals surface area contributed by atoms with E-state index in [1.165, 1.54) is 11.1 Å². The summed E-state index contributed by atoms with van der Waals surface area (Å²) in [5, 5.41) is 4.06. The molecule has 0 bridgehead atoms. The lowest BCUT2D eigenvalue weighted by Gasteiger charge is -2.17. The monoisotopic (exact) mass is 333 g/mol. The van der Waals surface area contributed by atoms with Crippen molar-refractivity contribution in [3.63, 3.8) is 0 Å². The third-order valence-electron chi connectivity index (χ3n) is 4.66. The van der Waals surface area contributed by atoms with Crippen molar-refractivity contribution in [1.82, 2.24) is 15.0 Å². The zero-order valence-electron chi connectivity index (χ0n) is 14.1. The number of carbonyl (C=O) groups excluding carboxylic acids is 1. The van der Waals surface area contributed by atoms with E-state index < -0.39 is 0 Å². The molecule has 1 unspecified atom stereocenters. The van der Waals surface area contributed by atoms with Crippen molar-refractivity contribution in [3.05, 3.63) is 71.6 Å². The standard InChI is InChI=1S/C20H19N3O2/c1-14-7-5-6-10-16(14)12-23-13-17(11-18(23)24)20-21-19(22-25-20)15-8-3-2-4-9-15/h2-10,17H,11-13H2,1H3. The Morgan fingerprint density at radius 3 is 2.68 bits per heavy atom. The SMILES string of the molecule is Cc1ccccc1CN1CC(c2nc(-c3ccccc3)no2)CC1=O. The summed E-state index contributed by atoms with van der Waals surface area (Å²) in [5.41, 5.74) is 3.29. The molecule has 4 rings (SSSR count). The average molecular weight is 333 g/mol. The predicted molar refractivity (Wildman–Crippen MR) is 93.7 cm³/mol. The predicted octanol–water partition coefficient (Wildman–Crippen LogP) is 3.56. The molecule has 0 spiro atoms. The van der Waals surface area contributed by atoms with Crippen molar-refractivity contribution in [1.29, 1.82) is 0 Å². The lowest BCUT2D eigenvalue weighted by atomic mass is 10.1. The fourth-order valence-electron chi connectivity index (χ4n) is 3.19. The smallest absolute Gasteiger partial charge is 0.232 e. The normalized spacial score (nSPS) is 17.2. The minimum atomic E-state index is -0.0403. The van der Waals surface area contributed by atoms with E-state index in [0.29, 0.717) is 31.2 Å². The van der Waals surface area contributed by atoms with Gasteiger partial charge >= 0.3 is 0 Å². The highest BCUT2D eigenvalue weighted by Gasteiger charge is 2.34. The van der Waals surface area contributed by atoms with Gasteiger partial charge in [0, 0.05) is 25.1 Å². The van der Waals surface area contributed by atoms with E-state index in [0.717, 1.165) is 5.56 Å². The van der Waals surface area contributed by atoms with E-state index in [1.807, 2.05) is 47.4 Å². The largest absolute Gasteiger partial charge is 0.339 e. The Labute approximate surface area is 146 Å². The molecule has 25 heavy (non-hydrogen) atoms. The molecule has 126 valence electrons. The van der Waals surface area contributed by atoms with Crippen LogP contribution in [0.5, 0.6) is 0 Å². The van der Waals surface area contributed by atoms with E-state index in [9.17, 15) is 4.79 Å². The second-order valence-electron chi connectivity index (χ2n) is 6.42. The van der Waals surface area contributed by atoms with Gasteiger partial charge < -0.3 is 9.42 Å². The summed E-state index contributed by atoms with van der Waals surface area (Å²) in [6.45, 7) is 3.31. The maximum Gasteiger partial charge on any atom is 0.232 e. The summed E-state index contributed by atoms with van der Waals surface area (Å²) in [5.74, 6) is 1.20. The molecular formula is C20H19N3O2. The molecule has 0 N–H and O–H groups in total. The minimum Gasteiger partial charge on any atom is -0.339 e. The third-order valence-corrected chi connectivity index (χ3v) is 4.66. The van der Waals surface area contributed by atoms with Crippen molar-refractivity contribution >= 4 is 5.91 Å². The number of carbonyl (C=O) groups is 1. The number of benzene rings is 2. The molecule has 3 aromatic rings. The van der Waals surface area contributed by atoms with Crippen LogP contribution in [-0.4, -0.2) is 27.5 Å². The number of hydrogen-bond donors (Lipinski definition) is 0. The Morgan fingerprint density at radius 1 is 1.12 bits per heavy atom. The molecule has 1 aromatic heterocycles. The van der Waals surface area contributed by atoms with Crippen molar-refractivity contribution in [2.24, 2.45) is 0 Å². The van der Waals surface area contributed by atoms with Crippen LogP contribution in [0.25, 0.3) is 11.4 Å². The fourth-order valence-corrected chi connectivity index (χ4v) is 3.19. The van der Waals surface area contributed by atoms with Crippen LogP contribution in [-0.2, 0) is 11.3 Å². The number of aromatic nitrogens is 2. The zero-order chi connectivity index (χ0) is 17.2. The Hall–Kier alpha value is -2.95. The topological polar surface area (TPSA) is 59.2 Å². The van der Waals surface area contributed by atoms with E-state index in [4.69, 9.17) is 4.52 Å². The van der Waals surface area contributed by atoms with Crippen LogP contribution in [0.2, 0.25) is 0 Å². The van der Waals surface area contributed by atoms with E-state index in [1.54, 1.807) is 0 Å². The summed E-state index contributed by atoms with van der Waals surface area (Å²) in [7, 11) is 0. The quantitative estimate of drug-likeness (QED) is 0.732. The Morgan fingerprint density at radius 2 is 1.88 bits per heavy atom. The summed E-state index contributed by atoms with van der Waals surface area (Å²) in [4.78, 5) is 18.8. The summed E-state index contributed by atoms with van der Waals surface area (Å²) in [6, 6.07) is 17.9. The molecule has 2 heterocycles. The first kappa shape index (κ1) is 15.6. The average Bonchev–Trinajstić information content (AvgIpc) is 3.25. The first-order chi connectivity index (χ1) is 12.2. The Balaban J connectivity index is 1.49. The molecule has 1 aliphatic heterocycles. The van der Waals surface area contributed by atoms with E-state index in [-0.39, 0.29) is 11.8 Å². The van der Waals surface area contributed by atoms with Crippen LogP contribution in [0, 0.1) is 6.92 Å². The number of likely N-dealkylation sites (tertiary alicyclic amines) is 1. The third kappa shape index (κ3) is 3.18. The van der Waals surface area contributed by atoms with Crippen molar-refractivity contribution in [2.45, 2.75) is 25.8 Å². The van der Waals surface area contributed by atoms with Crippen LogP contribution in [0.3, 0.4) is 0 Å². The van der Waals surface area contributed by atoms with Gasteiger partial charge in [0.15, 0.2) is 0 Å². The molecule has 0 radical (unpaired) electrons. The maximum atomic E-state index is 12.4. The second kappa shape index (κ2) is 6.51. The number of amides is 1. The van der Waals surface area contributed by atoms with Gasteiger partial charge in [-0.15, -0.1) is 0 Å². The Bertz CT molecular complexity index is 889. The summed E-state index contributed by atoms with van der Waals surface area (Å²) < 4.78 is 5.43. The van der Waals surface area contributed by atoms with Gasteiger partial charge in [-0.2, -0.15) is 4.98 Å². The highest BCUT2D eigenvalue weighted by atomic mass is 16.5. The zero-order valence-corrected chi connectivity index (χ0v) is 14.1. The molecule has 2 aromatic carbocycles. The fraction of sp³-hybridized carbons (Fsp3) is 0.250. The van der Waals surface area contributed by atoms with Gasteiger partial charge in [-0.1, -0.05) is 59.8 Å². The van der Waals surface area contributed by atoms with Gasteiger partial charge in [0.2, 0.25) is 17.6 Å². The van der Waals surface area contributed by atoms with Gasteiger partial charge in [-0.05, 0) is 18.1 Å².